The molecule has 2 rings (SSSR count). The molecule has 1 aromatic carbocycles. The summed E-state index contributed by atoms with van der Waals surface area (Å²) in [6.45, 7) is 0.634. The quantitative estimate of drug-likeness (QED) is 0.382. The van der Waals surface area contributed by atoms with Gasteiger partial charge in [0, 0.05) is 24.0 Å². The number of hydrogen-bond donors (Lipinski definition) is 2. The SMILES string of the molecule is NC(=NO)C1CCCN(S(=O)(=O)c2cccc(Cl)c2)C1. The van der Waals surface area contributed by atoms with E-state index in [4.69, 9.17) is 22.5 Å². The van der Waals surface area contributed by atoms with Crippen LogP contribution in [0.2, 0.25) is 5.02 Å². The molecular formula is C12H16ClN3O3S. The highest BCUT2D eigenvalue weighted by molar-refractivity contribution is 7.89. The summed E-state index contributed by atoms with van der Waals surface area (Å²) in [5.41, 5.74) is 5.57. The number of nitrogens with zero attached hydrogens (tertiary/aromatic N) is 2. The van der Waals surface area contributed by atoms with Crippen molar-refractivity contribution in [1.82, 2.24) is 4.31 Å². The minimum Gasteiger partial charge on any atom is -0.409 e. The molecule has 1 unspecified atom stereocenters. The van der Waals surface area contributed by atoms with Gasteiger partial charge < -0.3 is 10.9 Å². The zero-order chi connectivity index (χ0) is 14.8. The second kappa shape index (κ2) is 5.99. The van der Waals surface area contributed by atoms with Crippen LogP contribution in [-0.2, 0) is 10.0 Å². The molecule has 6 nitrogen and oxygen atoms in total. The second-order valence-electron chi connectivity index (χ2n) is 4.68. The number of oxime groups is 1. The molecular weight excluding hydrogens is 302 g/mol. The van der Waals surface area contributed by atoms with E-state index in [1.165, 1.54) is 16.4 Å². The van der Waals surface area contributed by atoms with Crippen LogP contribution in [0.25, 0.3) is 0 Å². The van der Waals surface area contributed by atoms with Crippen LogP contribution in [0.1, 0.15) is 12.8 Å². The second-order valence-corrected chi connectivity index (χ2v) is 7.06. The summed E-state index contributed by atoms with van der Waals surface area (Å²) in [6, 6.07) is 6.15. The highest BCUT2D eigenvalue weighted by Crippen LogP contribution is 2.25. The van der Waals surface area contributed by atoms with E-state index in [0.717, 1.165) is 0 Å². The zero-order valence-corrected chi connectivity index (χ0v) is 12.3. The first-order valence-electron chi connectivity index (χ1n) is 6.18. The summed E-state index contributed by atoms with van der Waals surface area (Å²) in [7, 11) is -3.60. The first-order valence-corrected chi connectivity index (χ1v) is 8.00. The van der Waals surface area contributed by atoms with Gasteiger partial charge in [0.2, 0.25) is 10.0 Å². The van der Waals surface area contributed by atoms with E-state index < -0.39 is 10.0 Å². The fourth-order valence-electron chi connectivity index (χ4n) is 2.26. The van der Waals surface area contributed by atoms with Crippen molar-refractivity contribution in [3.8, 4) is 0 Å². The molecule has 1 atom stereocenters. The smallest absolute Gasteiger partial charge is 0.243 e. The Kier molecular flexibility index (Phi) is 4.52. The number of benzene rings is 1. The molecule has 3 N–H and O–H groups in total. The van der Waals surface area contributed by atoms with E-state index in [0.29, 0.717) is 24.4 Å². The molecule has 0 amide bonds. The number of amidine groups is 1. The van der Waals surface area contributed by atoms with Crippen LogP contribution < -0.4 is 5.73 Å². The maximum atomic E-state index is 12.5. The van der Waals surface area contributed by atoms with Crippen molar-refractivity contribution in [2.45, 2.75) is 17.7 Å². The number of rotatable bonds is 3. The highest BCUT2D eigenvalue weighted by atomic mass is 35.5. The zero-order valence-electron chi connectivity index (χ0n) is 10.7. The lowest BCUT2D eigenvalue weighted by Crippen LogP contribution is -2.44. The van der Waals surface area contributed by atoms with Gasteiger partial charge in [0.15, 0.2) is 0 Å². The van der Waals surface area contributed by atoms with Gasteiger partial charge in [-0.3, -0.25) is 0 Å². The van der Waals surface area contributed by atoms with Crippen molar-refractivity contribution in [3.63, 3.8) is 0 Å². The Bertz CT molecular complexity index is 618. The Hall–Kier alpha value is -1.31. The van der Waals surface area contributed by atoms with Gasteiger partial charge in [-0.15, -0.1) is 0 Å². The lowest BCUT2D eigenvalue weighted by molar-refractivity contribution is 0.287. The first-order chi connectivity index (χ1) is 9.45. The molecule has 1 saturated heterocycles. The van der Waals surface area contributed by atoms with E-state index in [9.17, 15) is 8.42 Å². The van der Waals surface area contributed by atoms with E-state index in [-0.39, 0.29) is 23.2 Å². The van der Waals surface area contributed by atoms with Gasteiger partial charge in [0.05, 0.1) is 4.90 Å². The maximum absolute atomic E-state index is 12.5. The molecule has 20 heavy (non-hydrogen) atoms. The highest BCUT2D eigenvalue weighted by Gasteiger charge is 2.31. The summed E-state index contributed by atoms with van der Waals surface area (Å²) < 4.78 is 26.4. The number of halogens is 1. The van der Waals surface area contributed by atoms with Crippen molar-refractivity contribution in [3.05, 3.63) is 29.3 Å². The number of hydrogen-bond acceptors (Lipinski definition) is 4. The fourth-order valence-corrected chi connectivity index (χ4v) is 4.09. The summed E-state index contributed by atoms with van der Waals surface area (Å²) in [5, 5.41) is 12.0. The monoisotopic (exact) mass is 317 g/mol. The van der Waals surface area contributed by atoms with E-state index in [2.05, 4.69) is 5.16 Å². The Balaban J connectivity index is 2.26. The third-order valence-corrected chi connectivity index (χ3v) is 5.45. The Morgan fingerprint density at radius 3 is 2.90 bits per heavy atom. The standard InChI is InChI=1S/C12H16ClN3O3S/c13-10-4-1-5-11(7-10)20(18,19)16-6-2-3-9(8-16)12(14)15-17/h1,4-5,7,9,17H,2-3,6,8H2,(H2,14,15). The van der Waals surface area contributed by atoms with Gasteiger partial charge in [-0.25, -0.2) is 8.42 Å². The van der Waals surface area contributed by atoms with Crippen molar-refractivity contribution < 1.29 is 13.6 Å². The lowest BCUT2D eigenvalue weighted by Gasteiger charge is -2.31. The predicted molar refractivity (Wildman–Crippen MR) is 76.3 cm³/mol. The van der Waals surface area contributed by atoms with Crippen LogP contribution in [-0.4, -0.2) is 36.9 Å². The average molecular weight is 318 g/mol. The van der Waals surface area contributed by atoms with Crippen molar-refractivity contribution in [1.29, 1.82) is 0 Å². The molecule has 0 aliphatic carbocycles. The van der Waals surface area contributed by atoms with Crippen molar-refractivity contribution >= 4 is 27.5 Å². The van der Waals surface area contributed by atoms with Gasteiger partial charge in [-0.2, -0.15) is 4.31 Å². The van der Waals surface area contributed by atoms with Crippen LogP contribution in [0.3, 0.4) is 0 Å². The molecule has 0 bridgehead atoms. The third kappa shape index (κ3) is 3.05. The van der Waals surface area contributed by atoms with Crippen LogP contribution >= 0.6 is 11.6 Å². The molecule has 0 aromatic heterocycles. The summed E-state index contributed by atoms with van der Waals surface area (Å²) in [6.07, 6.45) is 1.37. The predicted octanol–water partition coefficient (Wildman–Crippen LogP) is 1.49. The molecule has 8 heteroatoms. The third-order valence-electron chi connectivity index (χ3n) is 3.35. The van der Waals surface area contributed by atoms with Gasteiger partial charge in [-0.1, -0.05) is 22.8 Å². The topological polar surface area (TPSA) is 96.0 Å². The normalized spacial score (nSPS) is 21.9. The Morgan fingerprint density at radius 1 is 1.50 bits per heavy atom. The van der Waals surface area contributed by atoms with Gasteiger partial charge in [0.1, 0.15) is 5.84 Å². The van der Waals surface area contributed by atoms with Crippen LogP contribution in [0, 0.1) is 5.92 Å². The number of sulfonamides is 1. The molecule has 0 radical (unpaired) electrons. The number of nitrogens with two attached hydrogens (primary N) is 1. The first kappa shape index (κ1) is 15.1. The fraction of sp³-hybridized carbons (Fsp3) is 0.417. The van der Waals surface area contributed by atoms with Crippen molar-refractivity contribution in [2.24, 2.45) is 16.8 Å². The molecule has 0 spiro atoms. The number of piperidine rings is 1. The molecule has 1 heterocycles. The van der Waals surface area contributed by atoms with E-state index in [1.807, 2.05) is 0 Å². The largest absolute Gasteiger partial charge is 0.409 e. The van der Waals surface area contributed by atoms with Crippen LogP contribution in [0.15, 0.2) is 34.3 Å². The molecule has 1 aliphatic rings. The minimum absolute atomic E-state index is 0.0657. The van der Waals surface area contributed by atoms with Crippen LogP contribution in [0.4, 0.5) is 0 Å². The van der Waals surface area contributed by atoms with E-state index in [1.54, 1.807) is 12.1 Å². The van der Waals surface area contributed by atoms with Crippen LogP contribution in [0.5, 0.6) is 0 Å². The molecule has 0 saturated carbocycles. The van der Waals surface area contributed by atoms with Gasteiger partial charge >= 0.3 is 0 Å². The molecule has 1 fully saturated rings. The maximum Gasteiger partial charge on any atom is 0.243 e. The summed E-state index contributed by atoms with van der Waals surface area (Å²) in [4.78, 5) is 0.158. The van der Waals surface area contributed by atoms with Crippen molar-refractivity contribution in [2.75, 3.05) is 13.1 Å². The van der Waals surface area contributed by atoms with Gasteiger partial charge in [-0.05, 0) is 31.0 Å². The molecule has 110 valence electrons. The summed E-state index contributed by atoms with van der Waals surface area (Å²) in [5.74, 6) is -0.196. The minimum atomic E-state index is -3.60. The Morgan fingerprint density at radius 2 is 2.25 bits per heavy atom. The summed E-state index contributed by atoms with van der Waals surface area (Å²) >= 11 is 5.84. The Labute approximate surface area is 122 Å². The average Bonchev–Trinajstić information content (AvgIpc) is 2.46. The molecule has 1 aliphatic heterocycles. The van der Waals surface area contributed by atoms with E-state index >= 15 is 0 Å². The van der Waals surface area contributed by atoms with Gasteiger partial charge in [0.25, 0.3) is 0 Å². The lowest BCUT2D eigenvalue weighted by atomic mass is 9.99. The molecule has 1 aromatic rings.